The molecule has 1 fully saturated rings. The smallest absolute Gasteiger partial charge is 0.345 e. The van der Waals surface area contributed by atoms with E-state index < -0.39 is 0 Å². The highest BCUT2D eigenvalue weighted by Crippen LogP contribution is 2.46. The van der Waals surface area contributed by atoms with E-state index in [-0.39, 0.29) is 17.4 Å². The monoisotopic (exact) mass is 394 g/mol. The second-order valence-corrected chi connectivity index (χ2v) is 7.64. The number of allylic oxidation sites excluding steroid dienone is 1. The Morgan fingerprint density at radius 3 is 2.79 bits per heavy atom. The summed E-state index contributed by atoms with van der Waals surface area (Å²) < 4.78 is 16.6. The molecule has 1 aliphatic carbocycles. The highest BCUT2D eigenvalue weighted by molar-refractivity contribution is 5.91. The van der Waals surface area contributed by atoms with Gasteiger partial charge in [0, 0.05) is 30.3 Å². The highest BCUT2D eigenvalue weighted by atomic mass is 16.5. The summed E-state index contributed by atoms with van der Waals surface area (Å²) >= 11 is 0. The van der Waals surface area contributed by atoms with Crippen LogP contribution in [0.1, 0.15) is 40.7 Å². The first kappa shape index (κ1) is 19.5. The quantitative estimate of drug-likeness (QED) is 0.783. The molecule has 6 nitrogen and oxygen atoms in total. The zero-order valence-electron chi connectivity index (χ0n) is 17.0. The van der Waals surface area contributed by atoms with Crippen molar-refractivity contribution in [1.82, 2.24) is 10.3 Å². The fraction of sp³-hybridized carbons (Fsp3) is 0.391. The standard InChI is InChI=1S/C23H26N2O4/c1-15-7-10-24-14-18(15)22(26)29-17-6-8-23(9-11-25-21(23)13-17)16-4-5-19(27-2)20(12-16)28-3/h4-7,10,12,14,21,25H,8-9,11,13H2,1-3H3/t21-,23-/m0/s1. The lowest BCUT2D eigenvalue weighted by atomic mass is 9.68. The van der Waals surface area contributed by atoms with E-state index in [4.69, 9.17) is 14.2 Å². The Bertz CT molecular complexity index is 956. The summed E-state index contributed by atoms with van der Waals surface area (Å²) in [7, 11) is 3.30. The molecule has 0 unspecified atom stereocenters. The highest BCUT2D eigenvalue weighted by Gasteiger charge is 2.46. The summed E-state index contributed by atoms with van der Waals surface area (Å²) in [4.78, 5) is 16.6. The molecule has 2 aromatic rings. The van der Waals surface area contributed by atoms with Gasteiger partial charge in [-0.15, -0.1) is 0 Å². The van der Waals surface area contributed by atoms with Gasteiger partial charge in [0.2, 0.25) is 0 Å². The molecule has 6 heteroatoms. The number of ether oxygens (including phenoxy) is 3. The predicted molar refractivity (Wildman–Crippen MR) is 109 cm³/mol. The van der Waals surface area contributed by atoms with E-state index in [0.717, 1.165) is 36.4 Å². The van der Waals surface area contributed by atoms with Crippen LogP contribution in [-0.4, -0.2) is 37.8 Å². The summed E-state index contributed by atoms with van der Waals surface area (Å²) in [5.41, 5.74) is 2.54. The molecule has 1 aromatic carbocycles. The van der Waals surface area contributed by atoms with E-state index in [1.165, 1.54) is 5.56 Å². The van der Waals surface area contributed by atoms with Crippen LogP contribution < -0.4 is 14.8 Å². The van der Waals surface area contributed by atoms with Gasteiger partial charge in [0.15, 0.2) is 11.5 Å². The van der Waals surface area contributed by atoms with Gasteiger partial charge < -0.3 is 19.5 Å². The van der Waals surface area contributed by atoms with Crippen LogP contribution in [0.25, 0.3) is 0 Å². The Morgan fingerprint density at radius 1 is 1.21 bits per heavy atom. The molecule has 1 aliphatic heterocycles. The van der Waals surface area contributed by atoms with Crippen molar-refractivity contribution in [3.63, 3.8) is 0 Å². The third-order valence-corrected chi connectivity index (χ3v) is 6.17. The number of nitrogens with zero attached hydrogens (tertiary/aromatic N) is 1. The first-order chi connectivity index (χ1) is 14.1. The largest absolute Gasteiger partial charge is 0.493 e. The van der Waals surface area contributed by atoms with Gasteiger partial charge in [0.05, 0.1) is 19.8 Å². The van der Waals surface area contributed by atoms with Gasteiger partial charge in [-0.2, -0.15) is 0 Å². The van der Waals surface area contributed by atoms with Crippen molar-refractivity contribution >= 4 is 5.97 Å². The fourth-order valence-corrected chi connectivity index (χ4v) is 4.48. The number of esters is 1. The van der Waals surface area contributed by atoms with Crippen LogP contribution in [0.2, 0.25) is 0 Å². The molecular weight excluding hydrogens is 368 g/mol. The van der Waals surface area contributed by atoms with Gasteiger partial charge >= 0.3 is 5.97 Å². The van der Waals surface area contributed by atoms with Crippen LogP contribution in [-0.2, 0) is 10.2 Å². The summed E-state index contributed by atoms with van der Waals surface area (Å²) in [5, 5.41) is 3.60. The molecule has 2 heterocycles. The molecule has 0 spiro atoms. The van der Waals surface area contributed by atoms with Gasteiger partial charge in [0.25, 0.3) is 0 Å². The summed E-state index contributed by atoms with van der Waals surface area (Å²) in [6.07, 6.45) is 7.78. The maximum Gasteiger partial charge on any atom is 0.345 e. The maximum atomic E-state index is 12.6. The Balaban J connectivity index is 1.58. The number of pyridine rings is 1. The predicted octanol–water partition coefficient (Wildman–Crippen LogP) is 3.54. The normalized spacial score (nSPS) is 23.1. The van der Waals surface area contributed by atoms with Crippen LogP contribution in [0.3, 0.4) is 0 Å². The lowest BCUT2D eigenvalue weighted by Crippen LogP contribution is -2.43. The minimum absolute atomic E-state index is 0.0420. The molecule has 2 atom stereocenters. The van der Waals surface area contributed by atoms with Gasteiger partial charge in [-0.25, -0.2) is 4.79 Å². The van der Waals surface area contributed by atoms with Crippen molar-refractivity contribution < 1.29 is 19.0 Å². The van der Waals surface area contributed by atoms with Crippen LogP contribution in [0.5, 0.6) is 11.5 Å². The Kier molecular flexibility index (Phi) is 5.28. The lowest BCUT2D eigenvalue weighted by Gasteiger charge is -2.38. The van der Waals surface area contributed by atoms with Gasteiger partial charge in [-0.1, -0.05) is 6.07 Å². The number of fused-ring (bicyclic) bond motifs is 1. The Hall–Kier alpha value is -2.86. The number of nitrogens with one attached hydrogen (secondary N) is 1. The molecule has 1 N–H and O–H groups in total. The van der Waals surface area contributed by atoms with Crippen LogP contribution in [0, 0.1) is 6.92 Å². The number of methoxy groups -OCH3 is 2. The summed E-state index contributed by atoms with van der Waals surface area (Å²) in [6, 6.07) is 8.16. The minimum atomic E-state index is -0.349. The third-order valence-electron chi connectivity index (χ3n) is 6.17. The number of carbonyl (C=O) groups excluding carboxylic acids is 1. The molecule has 1 aromatic heterocycles. The molecular formula is C23H26N2O4. The zero-order valence-corrected chi connectivity index (χ0v) is 17.0. The van der Waals surface area contributed by atoms with Crippen molar-refractivity contribution in [2.24, 2.45) is 0 Å². The molecule has 0 amide bonds. The van der Waals surface area contributed by atoms with Crippen LogP contribution in [0.4, 0.5) is 0 Å². The topological polar surface area (TPSA) is 69.7 Å². The van der Waals surface area contributed by atoms with Crippen LogP contribution >= 0.6 is 0 Å². The number of aromatic nitrogens is 1. The molecule has 0 bridgehead atoms. The summed E-state index contributed by atoms with van der Waals surface area (Å²) in [5.74, 6) is 1.83. The minimum Gasteiger partial charge on any atom is -0.493 e. The maximum absolute atomic E-state index is 12.6. The number of hydrogen-bond donors (Lipinski definition) is 1. The average Bonchev–Trinajstić information content (AvgIpc) is 3.17. The van der Waals surface area contributed by atoms with E-state index in [0.29, 0.717) is 17.7 Å². The zero-order chi connectivity index (χ0) is 20.4. The third kappa shape index (κ3) is 3.49. The summed E-state index contributed by atoms with van der Waals surface area (Å²) in [6.45, 7) is 2.81. The molecule has 152 valence electrons. The van der Waals surface area contributed by atoms with Crippen molar-refractivity contribution in [2.45, 2.75) is 37.6 Å². The Labute approximate surface area is 170 Å². The van der Waals surface area contributed by atoms with E-state index in [2.05, 4.69) is 28.5 Å². The number of rotatable bonds is 5. The number of aryl methyl sites for hydroxylation is 1. The number of carbonyl (C=O) groups is 1. The lowest BCUT2D eigenvalue weighted by molar-refractivity contribution is 0.0594. The first-order valence-electron chi connectivity index (χ1n) is 9.85. The van der Waals surface area contributed by atoms with E-state index in [1.807, 2.05) is 19.1 Å². The Morgan fingerprint density at radius 2 is 2.03 bits per heavy atom. The first-order valence-corrected chi connectivity index (χ1v) is 9.85. The van der Waals surface area contributed by atoms with Crippen molar-refractivity contribution in [2.75, 3.05) is 20.8 Å². The molecule has 1 saturated heterocycles. The molecule has 0 radical (unpaired) electrons. The SMILES string of the molecule is COc1ccc([C@@]23CC=C(OC(=O)c4cnccc4C)C[C@@H]2NCC3)cc1OC. The van der Waals surface area contributed by atoms with Crippen LogP contribution in [0.15, 0.2) is 48.5 Å². The number of benzene rings is 1. The van der Waals surface area contributed by atoms with E-state index in [1.54, 1.807) is 26.6 Å². The van der Waals surface area contributed by atoms with Gasteiger partial charge in [-0.05, 0) is 61.7 Å². The number of hydrogen-bond acceptors (Lipinski definition) is 6. The van der Waals surface area contributed by atoms with E-state index in [9.17, 15) is 4.79 Å². The van der Waals surface area contributed by atoms with Crippen molar-refractivity contribution in [1.29, 1.82) is 0 Å². The molecule has 0 saturated carbocycles. The van der Waals surface area contributed by atoms with Crippen molar-refractivity contribution in [3.05, 3.63) is 65.2 Å². The van der Waals surface area contributed by atoms with Crippen molar-refractivity contribution in [3.8, 4) is 11.5 Å². The van der Waals surface area contributed by atoms with E-state index >= 15 is 0 Å². The van der Waals surface area contributed by atoms with Gasteiger partial charge in [-0.3, -0.25) is 4.98 Å². The molecule has 2 aliphatic rings. The fourth-order valence-electron chi connectivity index (χ4n) is 4.48. The second-order valence-electron chi connectivity index (χ2n) is 7.64. The second kappa shape index (κ2) is 7.87. The molecule has 4 rings (SSSR count). The van der Waals surface area contributed by atoms with Gasteiger partial charge in [0.1, 0.15) is 5.76 Å². The average molecular weight is 394 g/mol. The molecule has 29 heavy (non-hydrogen) atoms.